The van der Waals surface area contributed by atoms with Crippen LogP contribution in [0.3, 0.4) is 0 Å². The van der Waals surface area contributed by atoms with E-state index in [-0.39, 0.29) is 22.0 Å². The van der Waals surface area contributed by atoms with Crippen LogP contribution in [0.2, 0.25) is 0 Å². The molecule has 12 N–H and O–H groups in total. The summed E-state index contributed by atoms with van der Waals surface area (Å²) in [6, 6.07) is 73.9. The van der Waals surface area contributed by atoms with Crippen molar-refractivity contribution in [3.8, 4) is 34.5 Å². The number of hydrogen-bond donors (Lipinski definition) is 12. The summed E-state index contributed by atoms with van der Waals surface area (Å²) in [6.45, 7) is 47.1. The molecule has 12 aromatic carbocycles. The van der Waals surface area contributed by atoms with Gasteiger partial charge in [-0.15, -0.1) is 0 Å². The second-order valence-corrected chi connectivity index (χ2v) is 40.3. The molecule has 0 amide bonds. The summed E-state index contributed by atoms with van der Waals surface area (Å²) in [6.07, 6.45) is 29.7. The summed E-state index contributed by atoms with van der Waals surface area (Å²) < 4.78 is 0. The summed E-state index contributed by atoms with van der Waals surface area (Å²) in [7, 11) is 0. The van der Waals surface area contributed by atoms with Crippen molar-refractivity contribution in [1.29, 1.82) is 0 Å². The minimum absolute atomic E-state index is 0.0376. The van der Waals surface area contributed by atoms with E-state index in [1.54, 1.807) is 6.07 Å². The molecule has 1 aliphatic carbocycles. The van der Waals surface area contributed by atoms with Gasteiger partial charge in [0.1, 0.15) is 34.5 Å². The lowest BCUT2D eigenvalue weighted by Crippen LogP contribution is -2.11. The molecule has 0 saturated heterocycles. The molecule has 0 spiro atoms. The number of phenolic OH excluding ortho intramolecular Hbond substituents is 6. The van der Waals surface area contributed by atoms with Crippen molar-refractivity contribution < 1.29 is 30.6 Å². The number of fused-ring (bicyclic) bond motifs is 1. The van der Waals surface area contributed by atoms with Gasteiger partial charge in [-0.2, -0.15) is 0 Å². The third kappa shape index (κ3) is 35.6. The average molecular weight is 1810 g/mol. The lowest BCUT2D eigenvalue weighted by molar-refractivity contribution is 0.447. The van der Waals surface area contributed by atoms with Crippen molar-refractivity contribution in [3.05, 3.63) is 319 Å². The molecule has 0 unspecified atom stereocenters. The van der Waals surface area contributed by atoms with Crippen molar-refractivity contribution in [2.24, 2.45) is 0 Å². The highest BCUT2D eigenvalue weighted by molar-refractivity contribution is 5.73. The molecule has 12 heteroatoms. The van der Waals surface area contributed by atoms with Gasteiger partial charge in [-0.25, -0.2) is 0 Å². The predicted octanol–water partition coefficient (Wildman–Crippen LogP) is 35.1. The third-order valence-electron chi connectivity index (χ3n) is 24.9. The minimum atomic E-state index is -0.0842. The predicted molar refractivity (Wildman–Crippen MR) is 578 cm³/mol. The van der Waals surface area contributed by atoms with Crippen LogP contribution in [-0.2, 0) is 61.2 Å². The van der Waals surface area contributed by atoms with Crippen molar-refractivity contribution in [3.63, 3.8) is 0 Å². The molecule has 1 aliphatic rings. The Bertz CT molecular complexity index is 5560. The average Bonchev–Trinajstić information content (AvgIpc) is 0.812. The van der Waals surface area contributed by atoms with Gasteiger partial charge >= 0.3 is 0 Å². The maximum absolute atomic E-state index is 10.3. The second kappa shape index (κ2) is 53.4. The van der Waals surface area contributed by atoms with Crippen LogP contribution in [0.25, 0.3) is 0 Å². The van der Waals surface area contributed by atoms with Crippen molar-refractivity contribution in [1.82, 2.24) is 0 Å². The molecule has 0 aromatic heterocycles. The Labute approximate surface area is 807 Å². The van der Waals surface area contributed by atoms with E-state index in [0.29, 0.717) is 28.7 Å². The van der Waals surface area contributed by atoms with Gasteiger partial charge in [0.15, 0.2) is 0 Å². The number of phenols is 6. The fraction of sp³-hybridized carbons (Fsp3) is 0.410. The maximum Gasteiger partial charge on any atom is 0.139 e. The monoisotopic (exact) mass is 1810 g/mol. The number of anilines is 12. The zero-order valence-electron chi connectivity index (χ0n) is 85.6. The third-order valence-corrected chi connectivity index (χ3v) is 24.9. The van der Waals surface area contributed by atoms with Crippen LogP contribution in [-0.4, -0.2) is 30.6 Å². The first-order chi connectivity index (χ1) is 63.8. The van der Waals surface area contributed by atoms with Gasteiger partial charge in [-0.3, -0.25) is 0 Å². The van der Waals surface area contributed by atoms with Crippen molar-refractivity contribution in [2.45, 2.75) is 329 Å². The lowest BCUT2D eigenvalue weighted by atomic mass is 9.86. The summed E-state index contributed by atoms with van der Waals surface area (Å²) >= 11 is 0. The van der Waals surface area contributed by atoms with Crippen LogP contribution < -0.4 is 31.9 Å². The molecule has 0 heterocycles. The van der Waals surface area contributed by atoms with Crippen molar-refractivity contribution >= 4 is 68.2 Å². The zero-order valence-corrected chi connectivity index (χ0v) is 85.6. The molecule has 718 valence electrons. The summed E-state index contributed by atoms with van der Waals surface area (Å²) in [5.74, 6) is 2.15. The van der Waals surface area contributed by atoms with Crippen LogP contribution in [0.15, 0.2) is 218 Å². The first kappa shape index (κ1) is 108. The van der Waals surface area contributed by atoms with Gasteiger partial charge in [0, 0.05) is 80.6 Å². The van der Waals surface area contributed by atoms with E-state index in [1.807, 2.05) is 66.7 Å². The van der Waals surface area contributed by atoms with Gasteiger partial charge in [0.25, 0.3) is 0 Å². The van der Waals surface area contributed by atoms with E-state index in [9.17, 15) is 30.6 Å². The number of unbranched alkanes of at least 4 members (excludes halogenated alkanes) is 11. The van der Waals surface area contributed by atoms with E-state index >= 15 is 0 Å². The topological polar surface area (TPSA) is 194 Å². The number of aromatic hydroxyl groups is 6. The summed E-state index contributed by atoms with van der Waals surface area (Å²) in [5, 5.41) is 81.7. The van der Waals surface area contributed by atoms with Crippen LogP contribution in [0, 0.1) is 55.4 Å². The fourth-order valence-corrected chi connectivity index (χ4v) is 17.1. The van der Waals surface area contributed by atoms with Gasteiger partial charge in [0.2, 0.25) is 0 Å². The summed E-state index contributed by atoms with van der Waals surface area (Å²) in [5.41, 5.74) is 33.8. The zero-order chi connectivity index (χ0) is 97.7. The molecule has 12 aromatic rings. The first-order valence-electron chi connectivity index (χ1n) is 50.0. The molecular weight excluding hydrogens is 1650 g/mol. The number of rotatable bonds is 33. The number of hydrogen-bond acceptors (Lipinski definition) is 12. The minimum Gasteiger partial charge on any atom is -0.508 e. The molecule has 0 aliphatic heterocycles. The first-order valence-corrected chi connectivity index (χ1v) is 50.0. The van der Waals surface area contributed by atoms with Crippen LogP contribution >= 0.6 is 0 Å². The Morgan fingerprint density at radius 2 is 0.604 bits per heavy atom. The molecule has 0 saturated carbocycles. The quantitative estimate of drug-likeness (QED) is 0.0106. The largest absolute Gasteiger partial charge is 0.508 e. The Kier molecular flexibility index (Phi) is 42.8. The smallest absolute Gasteiger partial charge is 0.139 e. The molecule has 12 nitrogen and oxygen atoms in total. The number of nitrogens with one attached hydrogen (secondary N) is 6. The molecule has 0 bridgehead atoms. The van der Waals surface area contributed by atoms with Gasteiger partial charge in [-0.05, 0) is 348 Å². The van der Waals surface area contributed by atoms with E-state index in [1.165, 1.54) is 175 Å². The second-order valence-electron chi connectivity index (χ2n) is 40.3. The van der Waals surface area contributed by atoms with Gasteiger partial charge in [-0.1, -0.05) is 276 Å². The van der Waals surface area contributed by atoms with E-state index in [2.05, 4.69) is 330 Å². The molecule has 13 rings (SSSR count). The molecule has 134 heavy (non-hydrogen) atoms. The normalized spacial score (nSPS) is 11.6. The molecular formula is C122H164N6O6. The van der Waals surface area contributed by atoms with E-state index in [4.69, 9.17) is 0 Å². The fourth-order valence-electron chi connectivity index (χ4n) is 17.1. The number of aryl methyl sites for hydroxylation is 14. The van der Waals surface area contributed by atoms with Crippen molar-refractivity contribution in [2.75, 3.05) is 31.9 Å². The Balaban J connectivity index is 0.000000198. The van der Waals surface area contributed by atoms with E-state index in [0.717, 1.165) is 154 Å². The maximum atomic E-state index is 10.3. The molecule has 0 fully saturated rings. The van der Waals surface area contributed by atoms with E-state index < -0.39 is 0 Å². The van der Waals surface area contributed by atoms with Gasteiger partial charge in [0.05, 0.1) is 11.4 Å². The van der Waals surface area contributed by atoms with Crippen LogP contribution in [0.5, 0.6) is 34.5 Å². The lowest BCUT2D eigenvalue weighted by Gasteiger charge is -2.22. The summed E-state index contributed by atoms with van der Waals surface area (Å²) in [4.78, 5) is 0. The standard InChI is InChI=1S/C22H29NO.C22H31NO.C21H29NO.C20H27NO.C19H25NO.C18H23NO/c1-2-3-4-5-10-18-14-15-19(16-22(18)24)23-21-13-8-11-17-9-6-7-12-20(17)21;1-3-5-7-8-10-19-13-16-21(17-22(19)24)23-20-14-11-18(12-15-20)9-6-4-2;1-5-6-7-8-9-18-10-11-19(14-20(18)23)22-21-16(3)12-15(2)13-17(21)4;1-5-6-7-15-8-11-17(12-9-15)21-18-13-10-16(14-19(18)22)20(2,3)4;1-12-9-13(2)18(14(3)10-12)20-15-7-8-17(21)16(11-15)19(4,5)6;1-12-8-13(2)10-15(9-12)19-16-7-6-14(11-17(16)20)18(3,4)5/h8,11,13-16,23-24H,2-7,9-10,12H2,1H3;11-17,23-24H,3-10H2,1-2H3;10-14,22-23H,5-9H2,1-4H3;8-14,21-22H,5-7H2,1-4H3;7-11,20-21H,1-6H3;6-11,19-20H,1-5H3. The number of benzene rings is 12. The highest BCUT2D eigenvalue weighted by Gasteiger charge is 2.22. The highest BCUT2D eigenvalue weighted by atomic mass is 16.3. The Morgan fingerprint density at radius 1 is 0.254 bits per heavy atom. The van der Waals surface area contributed by atoms with Gasteiger partial charge < -0.3 is 62.5 Å². The molecule has 0 radical (unpaired) electrons. The Hall–Kier alpha value is -11.8. The van der Waals surface area contributed by atoms with Crippen LogP contribution in [0.4, 0.5) is 68.2 Å². The Morgan fingerprint density at radius 3 is 0.993 bits per heavy atom. The molecule has 0 atom stereocenters. The SMILES string of the molecule is CCCCCCc1ccc(Nc2c(C)cc(C)cc2C)cc1O.CCCCCCc1ccc(Nc2ccc(CCCC)cc2)cc1O.CCCCCCc1ccc(Nc2cccc3c2CCCC3)cc1O.CCCCc1ccc(Nc2ccc(C(C)(C)C)cc2O)cc1.Cc1cc(C)c(Nc2ccc(O)c(C(C)(C)C)c2)c(C)c1.Cc1cc(C)cc(Nc2ccc(C(C)(C)C)cc2O)c1. The highest BCUT2D eigenvalue weighted by Crippen LogP contribution is 2.40. The van der Waals surface area contributed by atoms with Crippen LogP contribution in [0.1, 0.15) is 313 Å².